The summed E-state index contributed by atoms with van der Waals surface area (Å²) < 4.78 is 11.2. The van der Waals surface area contributed by atoms with Crippen LogP contribution >= 0.6 is 28.1 Å². The molecule has 0 spiro atoms. The van der Waals surface area contributed by atoms with Crippen LogP contribution in [0.1, 0.15) is 18.5 Å². The van der Waals surface area contributed by atoms with Crippen molar-refractivity contribution in [2.75, 3.05) is 27.4 Å². The normalized spacial score (nSPS) is 18.0. The zero-order valence-corrected chi connectivity index (χ0v) is 15.7. The van der Waals surface area contributed by atoms with E-state index in [1.807, 2.05) is 38.2 Å². The number of hydrogen-bond acceptors (Lipinski definition) is 4. The first-order valence-electron chi connectivity index (χ1n) is 7.12. The van der Waals surface area contributed by atoms with Crippen molar-refractivity contribution in [3.05, 3.63) is 45.6 Å². The lowest BCUT2D eigenvalue weighted by molar-refractivity contribution is -0.140. The maximum Gasteiger partial charge on any atom is 0.338 e. The highest BCUT2D eigenvalue weighted by Crippen LogP contribution is 2.34. The molecule has 1 aliphatic heterocycles. The van der Waals surface area contributed by atoms with Crippen molar-refractivity contribution < 1.29 is 14.3 Å². The Morgan fingerprint density at radius 2 is 2.09 bits per heavy atom. The predicted molar refractivity (Wildman–Crippen MR) is 95.9 cm³/mol. The molecule has 5 nitrogen and oxygen atoms in total. The van der Waals surface area contributed by atoms with Crippen molar-refractivity contribution in [1.29, 1.82) is 0 Å². The maximum absolute atomic E-state index is 12.6. The summed E-state index contributed by atoms with van der Waals surface area (Å²) in [5.74, 6) is -0.373. The predicted octanol–water partition coefficient (Wildman–Crippen LogP) is 2.77. The van der Waals surface area contributed by atoms with Gasteiger partial charge in [0.05, 0.1) is 18.2 Å². The molecule has 0 aromatic heterocycles. The van der Waals surface area contributed by atoms with Crippen LogP contribution in [0.3, 0.4) is 0 Å². The summed E-state index contributed by atoms with van der Waals surface area (Å²) in [6.07, 6.45) is 0. The first-order valence-corrected chi connectivity index (χ1v) is 8.33. The summed E-state index contributed by atoms with van der Waals surface area (Å²) >= 11 is 8.90. The van der Waals surface area contributed by atoms with Gasteiger partial charge in [-0.3, -0.25) is 0 Å². The fourth-order valence-corrected chi connectivity index (χ4v) is 3.11. The highest BCUT2D eigenvalue weighted by molar-refractivity contribution is 9.10. The van der Waals surface area contributed by atoms with Gasteiger partial charge >= 0.3 is 5.97 Å². The monoisotopic (exact) mass is 398 g/mol. The Kier molecular flexibility index (Phi) is 6.15. The lowest BCUT2D eigenvalue weighted by Gasteiger charge is -2.35. The van der Waals surface area contributed by atoms with Gasteiger partial charge in [-0.1, -0.05) is 34.1 Å². The number of ether oxygens (including phenoxy) is 2. The maximum atomic E-state index is 12.6. The van der Waals surface area contributed by atoms with E-state index in [0.29, 0.717) is 17.3 Å². The molecule has 2 rings (SSSR count). The van der Waals surface area contributed by atoms with Crippen LogP contribution in [0.15, 0.2) is 40.0 Å². The van der Waals surface area contributed by atoms with Gasteiger partial charge in [-0.05, 0) is 30.8 Å². The van der Waals surface area contributed by atoms with E-state index in [2.05, 4.69) is 21.2 Å². The molecule has 1 atom stereocenters. The van der Waals surface area contributed by atoms with E-state index in [1.54, 1.807) is 12.0 Å². The van der Waals surface area contributed by atoms with Gasteiger partial charge < -0.3 is 19.7 Å². The number of halogens is 1. The number of hydrogen-bond donors (Lipinski definition) is 1. The Balaban J connectivity index is 2.40. The Bertz CT molecular complexity index is 648. The standard InChI is InChI=1S/C16H19BrN2O3S/c1-10-13(15(20)22-9-8-21-3)14(18-16(23)19(10)2)11-6-4-5-7-12(11)17/h4-7,14H,8-9H2,1-3H3,(H,18,23)/t14-/m0/s1. The molecular weight excluding hydrogens is 380 g/mol. The third-order valence-electron chi connectivity index (χ3n) is 3.71. The lowest BCUT2D eigenvalue weighted by Crippen LogP contribution is -2.46. The Morgan fingerprint density at radius 3 is 2.74 bits per heavy atom. The van der Waals surface area contributed by atoms with Crippen LogP contribution in [-0.2, 0) is 14.3 Å². The van der Waals surface area contributed by atoms with Crippen LogP contribution < -0.4 is 5.32 Å². The number of nitrogens with one attached hydrogen (secondary N) is 1. The number of methoxy groups -OCH3 is 1. The quantitative estimate of drug-likeness (QED) is 0.467. The van der Waals surface area contributed by atoms with Crippen LogP contribution in [0.2, 0.25) is 0 Å². The largest absolute Gasteiger partial charge is 0.460 e. The average molecular weight is 399 g/mol. The third kappa shape index (κ3) is 3.91. The molecule has 0 unspecified atom stereocenters. The van der Waals surface area contributed by atoms with Crippen LogP contribution in [-0.4, -0.2) is 43.4 Å². The van der Waals surface area contributed by atoms with Gasteiger partial charge in [-0.2, -0.15) is 0 Å². The van der Waals surface area contributed by atoms with Crippen molar-refractivity contribution in [2.24, 2.45) is 0 Å². The number of benzene rings is 1. The van der Waals surface area contributed by atoms with E-state index in [1.165, 1.54) is 0 Å². The van der Waals surface area contributed by atoms with Crippen LogP contribution in [0.4, 0.5) is 0 Å². The summed E-state index contributed by atoms with van der Waals surface area (Å²) in [5.41, 5.74) is 2.25. The molecule has 1 aromatic carbocycles. The SMILES string of the molecule is COCCOC(=O)C1=C(C)N(C)C(=S)N[C@H]1c1ccccc1Br. The van der Waals surface area contributed by atoms with E-state index < -0.39 is 0 Å². The number of thiocarbonyl (C=S) groups is 1. The summed E-state index contributed by atoms with van der Waals surface area (Å²) in [6.45, 7) is 2.44. The van der Waals surface area contributed by atoms with E-state index >= 15 is 0 Å². The zero-order chi connectivity index (χ0) is 17.0. The molecule has 1 aliphatic rings. The van der Waals surface area contributed by atoms with Crippen LogP contribution in [0, 0.1) is 0 Å². The molecule has 1 N–H and O–H groups in total. The molecule has 0 saturated carbocycles. The van der Waals surface area contributed by atoms with Gasteiger partial charge in [0, 0.05) is 24.3 Å². The third-order valence-corrected chi connectivity index (χ3v) is 4.82. The minimum Gasteiger partial charge on any atom is -0.460 e. The molecule has 0 aliphatic carbocycles. The first-order chi connectivity index (χ1) is 11.0. The number of nitrogens with zero attached hydrogens (tertiary/aromatic N) is 1. The summed E-state index contributed by atoms with van der Waals surface area (Å²) in [5, 5.41) is 3.78. The molecule has 23 heavy (non-hydrogen) atoms. The van der Waals surface area contributed by atoms with Gasteiger partial charge in [0.25, 0.3) is 0 Å². The summed E-state index contributed by atoms with van der Waals surface area (Å²) in [7, 11) is 3.39. The summed E-state index contributed by atoms with van der Waals surface area (Å²) in [6, 6.07) is 7.37. The van der Waals surface area contributed by atoms with E-state index in [4.69, 9.17) is 21.7 Å². The molecule has 0 fully saturated rings. The topological polar surface area (TPSA) is 50.8 Å². The molecule has 0 saturated heterocycles. The molecule has 7 heteroatoms. The Hall–Kier alpha value is -1.44. The van der Waals surface area contributed by atoms with Gasteiger partial charge in [-0.25, -0.2) is 4.79 Å². The van der Waals surface area contributed by atoms with Crippen molar-refractivity contribution in [1.82, 2.24) is 10.2 Å². The molecule has 0 radical (unpaired) electrons. The minimum absolute atomic E-state index is 0.211. The zero-order valence-electron chi connectivity index (χ0n) is 13.3. The number of rotatable bonds is 5. The molecule has 0 amide bonds. The molecule has 124 valence electrons. The van der Waals surface area contributed by atoms with Gasteiger partial charge in [0.1, 0.15) is 6.61 Å². The van der Waals surface area contributed by atoms with Crippen LogP contribution in [0.5, 0.6) is 0 Å². The van der Waals surface area contributed by atoms with E-state index in [0.717, 1.165) is 15.7 Å². The summed E-state index contributed by atoms with van der Waals surface area (Å²) in [4.78, 5) is 14.3. The number of carbonyl (C=O) groups is 1. The number of allylic oxidation sites excluding steroid dienone is 1. The van der Waals surface area contributed by atoms with Gasteiger partial charge in [0.2, 0.25) is 0 Å². The second-order valence-electron chi connectivity index (χ2n) is 5.09. The van der Waals surface area contributed by atoms with Gasteiger partial charge in [0.15, 0.2) is 5.11 Å². The van der Waals surface area contributed by atoms with E-state index in [9.17, 15) is 4.79 Å². The molecular formula is C16H19BrN2O3S. The van der Waals surface area contributed by atoms with E-state index in [-0.39, 0.29) is 18.6 Å². The van der Waals surface area contributed by atoms with Crippen molar-refractivity contribution in [3.8, 4) is 0 Å². The van der Waals surface area contributed by atoms with Crippen molar-refractivity contribution >= 4 is 39.2 Å². The second kappa shape index (κ2) is 7.90. The molecule has 1 heterocycles. The number of carbonyl (C=O) groups excluding carboxylic acids is 1. The smallest absolute Gasteiger partial charge is 0.338 e. The highest BCUT2D eigenvalue weighted by atomic mass is 79.9. The fraction of sp³-hybridized carbons (Fsp3) is 0.375. The average Bonchev–Trinajstić information content (AvgIpc) is 2.53. The second-order valence-corrected chi connectivity index (χ2v) is 6.33. The van der Waals surface area contributed by atoms with Crippen LogP contribution in [0.25, 0.3) is 0 Å². The minimum atomic E-state index is -0.373. The highest BCUT2D eigenvalue weighted by Gasteiger charge is 2.34. The first kappa shape index (κ1) is 17.9. The lowest BCUT2D eigenvalue weighted by atomic mass is 9.95. The van der Waals surface area contributed by atoms with Crippen molar-refractivity contribution in [2.45, 2.75) is 13.0 Å². The fourth-order valence-electron chi connectivity index (χ4n) is 2.34. The number of esters is 1. The Labute approximate surface area is 149 Å². The molecule has 1 aromatic rings. The molecule has 0 bridgehead atoms. The van der Waals surface area contributed by atoms with Crippen molar-refractivity contribution in [3.63, 3.8) is 0 Å². The Morgan fingerprint density at radius 1 is 1.39 bits per heavy atom. The van der Waals surface area contributed by atoms with Gasteiger partial charge in [-0.15, -0.1) is 0 Å².